The Bertz CT molecular complexity index is 536. The van der Waals surface area contributed by atoms with Crippen molar-refractivity contribution in [3.63, 3.8) is 0 Å². The summed E-state index contributed by atoms with van der Waals surface area (Å²) in [7, 11) is 0. The van der Waals surface area contributed by atoms with Crippen LogP contribution in [0.1, 0.15) is 31.0 Å². The number of pyridine rings is 1. The molecule has 1 atom stereocenters. The molecule has 21 heavy (non-hydrogen) atoms. The van der Waals surface area contributed by atoms with Gasteiger partial charge in [-0.15, -0.1) is 0 Å². The third-order valence-corrected chi connectivity index (χ3v) is 3.60. The smallest absolute Gasteiger partial charge is 0.365 e. The number of nitriles is 1. The molecular formula is C14H17F3N4. The van der Waals surface area contributed by atoms with E-state index in [-0.39, 0.29) is 17.4 Å². The normalized spacial score (nSPS) is 20.0. The van der Waals surface area contributed by atoms with Crippen molar-refractivity contribution in [2.75, 3.05) is 25.0 Å². The van der Waals surface area contributed by atoms with E-state index in [4.69, 9.17) is 5.26 Å². The molecule has 114 valence electrons. The lowest BCUT2D eigenvalue weighted by Gasteiger charge is -2.32. The molecule has 1 aliphatic rings. The molecule has 1 aromatic rings. The van der Waals surface area contributed by atoms with E-state index in [1.165, 1.54) is 6.07 Å². The van der Waals surface area contributed by atoms with Gasteiger partial charge in [-0.25, -0.2) is 4.98 Å². The molecule has 2 rings (SSSR count). The quantitative estimate of drug-likeness (QED) is 0.932. The Morgan fingerprint density at radius 1 is 1.48 bits per heavy atom. The van der Waals surface area contributed by atoms with Crippen LogP contribution < -0.4 is 5.32 Å². The third-order valence-electron chi connectivity index (χ3n) is 3.60. The fourth-order valence-corrected chi connectivity index (χ4v) is 2.47. The monoisotopic (exact) mass is 298 g/mol. The van der Waals surface area contributed by atoms with Crippen LogP contribution >= 0.6 is 0 Å². The number of halogens is 3. The number of aromatic nitrogens is 1. The second-order valence-corrected chi connectivity index (χ2v) is 5.08. The highest BCUT2D eigenvalue weighted by Gasteiger charge is 2.33. The number of anilines is 1. The number of alkyl halides is 3. The van der Waals surface area contributed by atoms with Gasteiger partial charge in [0.2, 0.25) is 0 Å². The van der Waals surface area contributed by atoms with E-state index in [1.54, 1.807) is 0 Å². The summed E-state index contributed by atoms with van der Waals surface area (Å²) in [6.07, 6.45) is -2.67. The summed E-state index contributed by atoms with van der Waals surface area (Å²) in [6.45, 7) is 4.69. The van der Waals surface area contributed by atoms with Crippen molar-refractivity contribution in [2.24, 2.45) is 0 Å². The van der Waals surface area contributed by atoms with E-state index in [9.17, 15) is 13.2 Å². The predicted octanol–water partition coefficient (Wildman–Crippen LogP) is 2.87. The molecular weight excluding hydrogens is 281 g/mol. The number of rotatable bonds is 3. The van der Waals surface area contributed by atoms with Gasteiger partial charge in [0.05, 0.1) is 5.56 Å². The van der Waals surface area contributed by atoms with Gasteiger partial charge in [-0.05, 0) is 38.1 Å². The number of likely N-dealkylation sites (N-methyl/N-ethyl adjacent to an activating group) is 1. The lowest BCUT2D eigenvalue weighted by atomic mass is 10.1. The number of piperidine rings is 1. The molecule has 0 amide bonds. The standard InChI is InChI=1S/C14H17F3N4/c1-2-21-7-3-4-11(9-21)19-13-10(8-18)5-6-12(20-13)14(15,16)17/h5-6,11H,2-4,7,9H2,1H3,(H,19,20). The lowest BCUT2D eigenvalue weighted by Crippen LogP contribution is -2.42. The van der Waals surface area contributed by atoms with Gasteiger partial charge in [-0.3, -0.25) is 0 Å². The first kappa shape index (κ1) is 15.6. The highest BCUT2D eigenvalue weighted by atomic mass is 19.4. The molecule has 1 unspecified atom stereocenters. The Kier molecular flexibility index (Phi) is 4.68. The van der Waals surface area contributed by atoms with Crippen LogP contribution in [0.3, 0.4) is 0 Å². The van der Waals surface area contributed by atoms with Crippen LogP contribution in [0.4, 0.5) is 19.0 Å². The van der Waals surface area contributed by atoms with Gasteiger partial charge in [0.1, 0.15) is 17.6 Å². The van der Waals surface area contributed by atoms with E-state index >= 15 is 0 Å². The summed E-state index contributed by atoms with van der Waals surface area (Å²) < 4.78 is 38.2. The van der Waals surface area contributed by atoms with Gasteiger partial charge < -0.3 is 10.2 Å². The maximum atomic E-state index is 12.7. The topological polar surface area (TPSA) is 52.0 Å². The Hall–Kier alpha value is -1.81. The van der Waals surface area contributed by atoms with E-state index in [1.807, 2.05) is 13.0 Å². The van der Waals surface area contributed by atoms with Crippen molar-refractivity contribution in [3.8, 4) is 6.07 Å². The van der Waals surface area contributed by atoms with Crippen molar-refractivity contribution in [1.82, 2.24) is 9.88 Å². The van der Waals surface area contributed by atoms with Crippen LogP contribution in [-0.2, 0) is 6.18 Å². The van der Waals surface area contributed by atoms with Gasteiger partial charge in [0, 0.05) is 12.6 Å². The van der Waals surface area contributed by atoms with Gasteiger partial charge in [-0.1, -0.05) is 6.92 Å². The first-order valence-electron chi connectivity index (χ1n) is 6.91. The Labute approximate surface area is 121 Å². The molecule has 0 radical (unpaired) electrons. The summed E-state index contributed by atoms with van der Waals surface area (Å²) in [4.78, 5) is 5.81. The number of nitrogens with one attached hydrogen (secondary N) is 1. The van der Waals surface area contributed by atoms with Crippen LogP contribution in [-0.4, -0.2) is 35.6 Å². The molecule has 1 saturated heterocycles. The molecule has 7 heteroatoms. The fourth-order valence-electron chi connectivity index (χ4n) is 2.47. The molecule has 0 aromatic carbocycles. The van der Waals surface area contributed by atoms with Crippen LogP contribution in [0.2, 0.25) is 0 Å². The number of likely N-dealkylation sites (tertiary alicyclic amines) is 1. The van der Waals surface area contributed by atoms with E-state index < -0.39 is 11.9 Å². The van der Waals surface area contributed by atoms with Crippen LogP contribution in [0.25, 0.3) is 0 Å². The van der Waals surface area contributed by atoms with Crippen molar-refractivity contribution >= 4 is 5.82 Å². The molecule has 1 aromatic heterocycles. The molecule has 0 aliphatic carbocycles. The number of nitrogens with zero attached hydrogens (tertiary/aromatic N) is 3. The highest BCUT2D eigenvalue weighted by Crippen LogP contribution is 2.29. The molecule has 4 nitrogen and oxygen atoms in total. The number of hydrogen-bond donors (Lipinski definition) is 1. The SMILES string of the molecule is CCN1CCCC(Nc2nc(C(F)(F)F)ccc2C#N)C1. The van der Waals surface area contributed by atoms with E-state index in [0.717, 1.165) is 38.5 Å². The fraction of sp³-hybridized carbons (Fsp3) is 0.571. The van der Waals surface area contributed by atoms with Crippen molar-refractivity contribution in [3.05, 3.63) is 23.4 Å². The zero-order valence-corrected chi connectivity index (χ0v) is 11.7. The average Bonchev–Trinajstić information content (AvgIpc) is 2.46. The molecule has 0 saturated carbocycles. The summed E-state index contributed by atoms with van der Waals surface area (Å²) in [5.41, 5.74) is -0.844. The number of hydrogen-bond acceptors (Lipinski definition) is 4. The first-order valence-corrected chi connectivity index (χ1v) is 6.91. The lowest BCUT2D eigenvalue weighted by molar-refractivity contribution is -0.141. The third kappa shape index (κ3) is 3.85. The molecule has 1 aliphatic heterocycles. The molecule has 1 fully saturated rings. The zero-order chi connectivity index (χ0) is 15.5. The summed E-state index contributed by atoms with van der Waals surface area (Å²) in [5, 5.41) is 12.0. The second-order valence-electron chi connectivity index (χ2n) is 5.08. The largest absolute Gasteiger partial charge is 0.433 e. The summed E-state index contributed by atoms with van der Waals surface area (Å²) in [6, 6.07) is 3.90. The van der Waals surface area contributed by atoms with Crippen molar-refractivity contribution in [1.29, 1.82) is 5.26 Å². The summed E-state index contributed by atoms with van der Waals surface area (Å²) in [5.74, 6) is 0.0234. The molecule has 1 N–H and O–H groups in total. The molecule has 2 heterocycles. The minimum absolute atomic E-state index is 0.0155. The van der Waals surface area contributed by atoms with Crippen molar-refractivity contribution < 1.29 is 13.2 Å². The maximum absolute atomic E-state index is 12.7. The van der Waals surface area contributed by atoms with Crippen LogP contribution in [0.5, 0.6) is 0 Å². The molecule has 0 spiro atoms. The minimum atomic E-state index is -4.51. The van der Waals surface area contributed by atoms with Crippen molar-refractivity contribution in [2.45, 2.75) is 32.0 Å². The van der Waals surface area contributed by atoms with Gasteiger partial charge >= 0.3 is 6.18 Å². The average molecular weight is 298 g/mol. The second kappa shape index (κ2) is 6.31. The first-order chi connectivity index (χ1) is 9.94. The van der Waals surface area contributed by atoms with Gasteiger partial charge in [-0.2, -0.15) is 18.4 Å². The highest BCUT2D eigenvalue weighted by molar-refractivity contribution is 5.53. The Balaban J connectivity index is 2.20. The predicted molar refractivity (Wildman–Crippen MR) is 72.7 cm³/mol. The Morgan fingerprint density at radius 2 is 2.24 bits per heavy atom. The zero-order valence-electron chi connectivity index (χ0n) is 11.7. The van der Waals surface area contributed by atoms with Gasteiger partial charge in [0.15, 0.2) is 0 Å². The molecule has 0 bridgehead atoms. The maximum Gasteiger partial charge on any atom is 0.433 e. The van der Waals surface area contributed by atoms with Crippen LogP contribution in [0.15, 0.2) is 12.1 Å². The minimum Gasteiger partial charge on any atom is -0.365 e. The van der Waals surface area contributed by atoms with Crippen LogP contribution in [0, 0.1) is 11.3 Å². The van der Waals surface area contributed by atoms with E-state index in [2.05, 4.69) is 15.2 Å². The van der Waals surface area contributed by atoms with E-state index in [0.29, 0.717) is 0 Å². The van der Waals surface area contributed by atoms with Gasteiger partial charge in [0.25, 0.3) is 0 Å². The Morgan fingerprint density at radius 3 is 2.86 bits per heavy atom. The summed E-state index contributed by atoms with van der Waals surface area (Å²) >= 11 is 0.